The normalized spacial score (nSPS) is 10.1. The summed E-state index contributed by atoms with van der Waals surface area (Å²) in [6.45, 7) is 3.20. The summed E-state index contributed by atoms with van der Waals surface area (Å²) in [5.41, 5.74) is 0. The predicted octanol–water partition coefficient (Wildman–Crippen LogP) is 3.08. The molecule has 1 aromatic heterocycles. The maximum Gasteiger partial charge on any atom is 0.213 e. The standard InChI is InChI=1S/C15H16FNO3/c1-2-18-13-5-3-4-6-14(13)20-10-9-19-12-7-8-15(16)17-11-12/h3-8,11H,2,9-10H2,1H3. The number of pyridine rings is 1. The van der Waals surface area contributed by atoms with Crippen molar-refractivity contribution in [1.29, 1.82) is 0 Å². The van der Waals surface area contributed by atoms with Crippen LogP contribution in [0.15, 0.2) is 42.6 Å². The van der Waals surface area contributed by atoms with Crippen molar-refractivity contribution in [3.8, 4) is 17.2 Å². The first-order chi connectivity index (χ1) is 9.79. The zero-order chi connectivity index (χ0) is 14.2. The Morgan fingerprint density at radius 2 is 1.65 bits per heavy atom. The molecule has 0 spiro atoms. The van der Waals surface area contributed by atoms with Crippen LogP contribution in [0.25, 0.3) is 0 Å². The van der Waals surface area contributed by atoms with E-state index in [-0.39, 0.29) is 0 Å². The molecule has 1 heterocycles. The van der Waals surface area contributed by atoms with Gasteiger partial charge in [0.05, 0.1) is 12.8 Å². The van der Waals surface area contributed by atoms with E-state index in [1.54, 1.807) is 0 Å². The van der Waals surface area contributed by atoms with Crippen molar-refractivity contribution in [2.24, 2.45) is 0 Å². The molecule has 0 bridgehead atoms. The highest BCUT2D eigenvalue weighted by atomic mass is 19.1. The van der Waals surface area contributed by atoms with Gasteiger partial charge in [-0.05, 0) is 31.2 Å². The molecule has 0 radical (unpaired) electrons. The molecule has 0 aliphatic carbocycles. The van der Waals surface area contributed by atoms with Gasteiger partial charge in [0.1, 0.15) is 19.0 Å². The van der Waals surface area contributed by atoms with E-state index < -0.39 is 5.95 Å². The van der Waals surface area contributed by atoms with E-state index in [0.29, 0.717) is 37.1 Å². The van der Waals surface area contributed by atoms with Gasteiger partial charge in [0.2, 0.25) is 5.95 Å². The van der Waals surface area contributed by atoms with Gasteiger partial charge in [-0.15, -0.1) is 0 Å². The molecule has 0 aliphatic rings. The lowest BCUT2D eigenvalue weighted by Crippen LogP contribution is -2.10. The highest BCUT2D eigenvalue weighted by molar-refractivity contribution is 5.39. The number of ether oxygens (including phenoxy) is 3. The summed E-state index contributed by atoms with van der Waals surface area (Å²) >= 11 is 0. The Bertz CT molecular complexity index is 531. The van der Waals surface area contributed by atoms with Crippen LogP contribution in [0.5, 0.6) is 17.2 Å². The van der Waals surface area contributed by atoms with E-state index >= 15 is 0 Å². The van der Waals surface area contributed by atoms with Gasteiger partial charge in [-0.25, -0.2) is 4.98 Å². The lowest BCUT2D eigenvalue weighted by atomic mass is 10.3. The Kier molecular flexibility index (Phi) is 5.17. The molecular weight excluding hydrogens is 261 g/mol. The number of para-hydroxylation sites is 2. The van der Waals surface area contributed by atoms with E-state index in [4.69, 9.17) is 14.2 Å². The highest BCUT2D eigenvalue weighted by Gasteiger charge is 2.03. The van der Waals surface area contributed by atoms with Crippen molar-refractivity contribution in [1.82, 2.24) is 4.98 Å². The van der Waals surface area contributed by atoms with Crippen LogP contribution in [0.1, 0.15) is 6.92 Å². The van der Waals surface area contributed by atoms with Gasteiger partial charge in [0.25, 0.3) is 0 Å². The number of hydrogen-bond acceptors (Lipinski definition) is 4. The molecule has 0 saturated heterocycles. The Labute approximate surface area is 117 Å². The molecule has 2 aromatic rings. The van der Waals surface area contributed by atoms with Gasteiger partial charge in [-0.3, -0.25) is 0 Å². The summed E-state index contributed by atoms with van der Waals surface area (Å²) in [7, 11) is 0. The molecule has 0 fully saturated rings. The van der Waals surface area contributed by atoms with Crippen LogP contribution < -0.4 is 14.2 Å². The summed E-state index contributed by atoms with van der Waals surface area (Å²) in [5, 5.41) is 0. The minimum Gasteiger partial charge on any atom is -0.490 e. The quantitative estimate of drug-likeness (QED) is 0.576. The van der Waals surface area contributed by atoms with Crippen molar-refractivity contribution in [2.45, 2.75) is 6.92 Å². The van der Waals surface area contributed by atoms with Crippen molar-refractivity contribution < 1.29 is 18.6 Å². The SMILES string of the molecule is CCOc1ccccc1OCCOc1ccc(F)nc1. The van der Waals surface area contributed by atoms with Gasteiger partial charge in [0.15, 0.2) is 11.5 Å². The third kappa shape index (κ3) is 4.12. The van der Waals surface area contributed by atoms with E-state index in [1.165, 1.54) is 18.3 Å². The van der Waals surface area contributed by atoms with Gasteiger partial charge in [-0.1, -0.05) is 12.1 Å². The van der Waals surface area contributed by atoms with Crippen LogP contribution in [0.2, 0.25) is 0 Å². The maximum absolute atomic E-state index is 12.6. The van der Waals surface area contributed by atoms with Gasteiger partial charge in [-0.2, -0.15) is 4.39 Å². The number of nitrogens with zero attached hydrogens (tertiary/aromatic N) is 1. The van der Waals surface area contributed by atoms with Crippen LogP contribution in [0, 0.1) is 5.95 Å². The summed E-state index contributed by atoms with van der Waals surface area (Å²) in [5.74, 6) is 1.36. The zero-order valence-corrected chi connectivity index (χ0v) is 11.2. The summed E-state index contributed by atoms with van der Waals surface area (Å²) in [6.07, 6.45) is 1.34. The molecule has 20 heavy (non-hydrogen) atoms. The Morgan fingerprint density at radius 1 is 0.950 bits per heavy atom. The molecule has 0 atom stereocenters. The molecule has 0 amide bonds. The third-order valence-electron chi connectivity index (χ3n) is 2.46. The summed E-state index contributed by atoms with van der Waals surface area (Å²) in [6, 6.07) is 10.2. The first-order valence-electron chi connectivity index (χ1n) is 6.38. The molecule has 4 nitrogen and oxygen atoms in total. The van der Waals surface area contributed by atoms with Crippen LogP contribution in [-0.4, -0.2) is 24.8 Å². The van der Waals surface area contributed by atoms with E-state index in [9.17, 15) is 4.39 Å². The Balaban J connectivity index is 1.79. The van der Waals surface area contributed by atoms with Crippen LogP contribution in [0.4, 0.5) is 4.39 Å². The molecule has 2 rings (SSSR count). The van der Waals surface area contributed by atoms with E-state index in [2.05, 4.69) is 4.98 Å². The second kappa shape index (κ2) is 7.33. The predicted molar refractivity (Wildman–Crippen MR) is 72.8 cm³/mol. The monoisotopic (exact) mass is 277 g/mol. The van der Waals surface area contributed by atoms with Crippen molar-refractivity contribution in [3.05, 3.63) is 48.5 Å². The zero-order valence-electron chi connectivity index (χ0n) is 11.2. The van der Waals surface area contributed by atoms with Gasteiger partial charge < -0.3 is 14.2 Å². The van der Waals surface area contributed by atoms with Crippen LogP contribution in [-0.2, 0) is 0 Å². The Hall–Kier alpha value is -2.30. The number of aromatic nitrogens is 1. The topological polar surface area (TPSA) is 40.6 Å². The van der Waals surface area contributed by atoms with E-state index in [0.717, 1.165) is 0 Å². The molecule has 0 N–H and O–H groups in total. The first kappa shape index (κ1) is 14.1. The molecule has 0 aliphatic heterocycles. The van der Waals surface area contributed by atoms with Crippen molar-refractivity contribution in [2.75, 3.05) is 19.8 Å². The largest absolute Gasteiger partial charge is 0.490 e. The number of hydrogen-bond donors (Lipinski definition) is 0. The van der Waals surface area contributed by atoms with Gasteiger partial charge >= 0.3 is 0 Å². The number of halogens is 1. The average molecular weight is 277 g/mol. The molecule has 106 valence electrons. The minimum atomic E-state index is -0.528. The first-order valence-corrected chi connectivity index (χ1v) is 6.38. The lowest BCUT2D eigenvalue weighted by Gasteiger charge is -2.12. The summed E-state index contributed by atoms with van der Waals surface area (Å²) < 4.78 is 29.0. The number of rotatable bonds is 7. The summed E-state index contributed by atoms with van der Waals surface area (Å²) in [4.78, 5) is 3.50. The second-order valence-electron chi connectivity index (χ2n) is 3.89. The fourth-order valence-corrected chi connectivity index (χ4v) is 1.60. The average Bonchev–Trinajstić information content (AvgIpc) is 2.47. The Morgan fingerprint density at radius 3 is 2.30 bits per heavy atom. The maximum atomic E-state index is 12.6. The second-order valence-corrected chi connectivity index (χ2v) is 3.89. The highest BCUT2D eigenvalue weighted by Crippen LogP contribution is 2.26. The van der Waals surface area contributed by atoms with E-state index in [1.807, 2.05) is 31.2 Å². The van der Waals surface area contributed by atoms with Crippen LogP contribution >= 0.6 is 0 Å². The van der Waals surface area contributed by atoms with Crippen molar-refractivity contribution >= 4 is 0 Å². The van der Waals surface area contributed by atoms with Crippen molar-refractivity contribution in [3.63, 3.8) is 0 Å². The lowest BCUT2D eigenvalue weighted by molar-refractivity contribution is 0.208. The van der Waals surface area contributed by atoms with Gasteiger partial charge in [0, 0.05) is 0 Å². The molecule has 0 unspecified atom stereocenters. The molecule has 1 aromatic carbocycles. The molecule has 0 saturated carbocycles. The van der Waals surface area contributed by atoms with Crippen LogP contribution in [0.3, 0.4) is 0 Å². The fourth-order valence-electron chi connectivity index (χ4n) is 1.60. The third-order valence-corrected chi connectivity index (χ3v) is 2.46. The fraction of sp³-hybridized carbons (Fsp3) is 0.267. The molecular formula is C15H16FNO3. The molecule has 5 heteroatoms. The number of benzene rings is 1. The smallest absolute Gasteiger partial charge is 0.213 e. The minimum absolute atomic E-state index is 0.341.